The molecular formula is C13H15NO2. The summed E-state index contributed by atoms with van der Waals surface area (Å²) in [6.07, 6.45) is 2.20. The van der Waals surface area contributed by atoms with Crippen LogP contribution in [-0.4, -0.2) is 11.7 Å². The number of benzene rings is 1. The SMILES string of the molecule is Cc1ccc(-c2ccco2)c(N)c1CCO. The van der Waals surface area contributed by atoms with Gasteiger partial charge in [0.15, 0.2) is 0 Å². The highest BCUT2D eigenvalue weighted by molar-refractivity contribution is 5.76. The van der Waals surface area contributed by atoms with Crippen LogP contribution in [0.5, 0.6) is 0 Å². The summed E-state index contributed by atoms with van der Waals surface area (Å²) < 4.78 is 5.33. The van der Waals surface area contributed by atoms with Crippen LogP contribution in [0, 0.1) is 6.92 Å². The predicted molar refractivity (Wildman–Crippen MR) is 64.1 cm³/mol. The highest BCUT2D eigenvalue weighted by Gasteiger charge is 2.11. The van der Waals surface area contributed by atoms with E-state index in [4.69, 9.17) is 15.3 Å². The number of aliphatic hydroxyl groups is 1. The summed E-state index contributed by atoms with van der Waals surface area (Å²) >= 11 is 0. The number of hydrogen-bond acceptors (Lipinski definition) is 3. The molecule has 1 aromatic carbocycles. The first-order chi connectivity index (χ1) is 7.74. The predicted octanol–water partition coefficient (Wildman–Crippen LogP) is 2.37. The molecule has 0 atom stereocenters. The molecule has 0 spiro atoms. The minimum absolute atomic E-state index is 0.104. The van der Waals surface area contributed by atoms with E-state index in [1.807, 2.05) is 31.2 Å². The van der Waals surface area contributed by atoms with Crippen LogP contribution in [-0.2, 0) is 6.42 Å². The Labute approximate surface area is 94.5 Å². The number of hydrogen-bond donors (Lipinski definition) is 2. The fraction of sp³-hybridized carbons (Fsp3) is 0.231. The number of aryl methyl sites for hydroxylation is 1. The van der Waals surface area contributed by atoms with E-state index in [1.54, 1.807) is 6.26 Å². The smallest absolute Gasteiger partial charge is 0.135 e. The Morgan fingerprint density at radius 3 is 2.75 bits per heavy atom. The molecule has 0 unspecified atom stereocenters. The Bertz CT molecular complexity index is 475. The van der Waals surface area contributed by atoms with E-state index in [0.29, 0.717) is 12.1 Å². The van der Waals surface area contributed by atoms with Crippen molar-refractivity contribution in [2.24, 2.45) is 0 Å². The first-order valence-electron chi connectivity index (χ1n) is 5.26. The molecule has 84 valence electrons. The van der Waals surface area contributed by atoms with Crippen molar-refractivity contribution >= 4 is 5.69 Å². The number of furan rings is 1. The third-order valence-corrected chi connectivity index (χ3v) is 2.74. The highest BCUT2D eigenvalue weighted by atomic mass is 16.3. The van der Waals surface area contributed by atoms with E-state index >= 15 is 0 Å². The molecule has 0 amide bonds. The maximum atomic E-state index is 9.01. The van der Waals surface area contributed by atoms with Gasteiger partial charge < -0.3 is 15.3 Å². The van der Waals surface area contributed by atoms with Crippen LogP contribution >= 0.6 is 0 Å². The van der Waals surface area contributed by atoms with Crippen LogP contribution in [0.3, 0.4) is 0 Å². The number of aliphatic hydroxyl groups excluding tert-OH is 1. The Kier molecular flexibility index (Phi) is 2.97. The summed E-state index contributed by atoms with van der Waals surface area (Å²) in [7, 11) is 0. The zero-order chi connectivity index (χ0) is 11.5. The molecule has 3 nitrogen and oxygen atoms in total. The van der Waals surface area contributed by atoms with Crippen LogP contribution in [0.1, 0.15) is 11.1 Å². The number of nitrogens with two attached hydrogens (primary N) is 1. The molecule has 0 radical (unpaired) electrons. The van der Waals surface area contributed by atoms with Crippen LogP contribution < -0.4 is 5.73 Å². The molecule has 0 bridgehead atoms. The van der Waals surface area contributed by atoms with Gasteiger partial charge in [-0.1, -0.05) is 6.07 Å². The van der Waals surface area contributed by atoms with Crippen molar-refractivity contribution in [2.45, 2.75) is 13.3 Å². The monoisotopic (exact) mass is 217 g/mol. The second-order valence-corrected chi connectivity index (χ2v) is 3.77. The van der Waals surface area contributed by atoms with E-state index < -0.39 is 0 Å². The molecule has 1 aromatic heterocycles. The Balaban J connectivity index is 2.52. The van der Waals surface area contributed by atoms with Crippen LogP contribution in [0.2, 0.25) is 0 Å². The largest absolute Gasteiger partial charge is 0.464 e. The zero-order valence-electron chi connectivity index (χ0n) is 9.23. The lowest BCUT2D eigenvalue weighted by Crippen LogP contribution is -2.02. The summed E-state index contributed by atoms with van der Waals surface area (Å²) in [5.74, 6) is 0.761. The highest BCUT2D eigenvalue weighted by Crippen LogP contribution is 2.31. The van der Waals surface area contributed by atoms with Gasteiger partial charge in [0.25, 0.3) is 0 Å². The molecular weight excluding hydrogens is 202 g/mol. The van der Waals surface area contributed by atoms with Gasteiger partial charge in [-0.25, -0.2) is 0 Å². The quantitative estimate of drug-likeness (QED) is 0.776. The second-order valence-electron chi connectivity index (χ2n) is 3.77. The van der Waals surface area contributed by atoms with Gasteiger partial charge in [-0.3, -0.25) is 0 Å². The molecule has 2 rings (SSSR count). The first-order valence-corrected chi connectivity index (χ1v) is 5.26. The van der Waals surface area contributed by atoms with Crippen molar-refractivity contribution in [2.75, 3.05) is 12.3 Å². The third-order valence-electron chi connectivity index (χ3n) is 2.74. The number of anilines is 1. The summed E-state index contributed by atoms with van der Waals surface area (Å²) in [6, 6.07) is 7.66. The number of rotatable bonds is 3. The van der Waals surface area contributed by atoms with Gasteiger partial charge in [-0.2, -0.15) is 0 Å². The summed E-state index contributed by atoms with van der Waals surface area (Å²) in [4.78, 5) is 0. The van der Waals surface area contributed by atoms with E-state index in [1.165, 1.54) is 0 Å². The van der Waals surface area contributed by atoms with Gasteiger partial charge in [0.05, 0.1) is 6.26 Å². The molecule has 3 heteroatoms. The maximum absolute atomic E-state index is 9.01. The van der Waals surface area contributed by atoms with Crippen molar-refractivity contribution in [1.82, 2.24) is 0 Å². The van der Waals surface area contributed by atoms with Gasteiger partial charge in [0, 0.05) is 17.9 Å². The van der Waals surface area contributed by atoms with Gasteiger partial charge in [-0.05, 0) is 42.7 Å². The summed E-state index contributed by atoms with van der Waals surface area (Å²) in [5.41, 5.74) is 9.77. The fourth-order valence-corrected chi connectivity index (χ4v) is 1.86. The molecule has 0 aliphatic carbocycles. The van der Waals surface area contributed by atoms with Crippen molar-refractivity contribution in [3.63, 3.8) is 0 Å². The average molecular weight is 217 g/mol. The van der Waals surface area contributed by atoms with Gasteiger partial charge >= 0.3 is 0 Å². The Morgan fingerprint density at radius 2 is 2.12 bits per heavy atom. The first kappa shape index (κ1) is 10.8. The number of nitrogen functional groups attached to an aromatic ring is 1. The summed E-state index contributed by atoms with van der Waals surface area (Å²) in [6.45, 7) is 2.10. The molecule has 0 aliphatic rings. The van der Waals surface area contributed by atoms with Gasteiger partial charge in [0.2, 0.25) is 0 Å². The molecule has 0 aliphatic heterocycles. The lowest BCUT2D eigenvalue weighted by Gasteiger charge is -2.11. The molecule has 0 fully saturated rings. The molecule has 16 heavy (non-hydrogen) atoms. The van der Waals surface area contributed by atoms with E-state index in [0.717, 1.165) is 22.5 Å². The van der Waals surface area contributed by atoms with Gasteiger partial charge in [-0.15, -0.1) is 0 Å². The van der Waals surface area contributed by atoms with E-state index in [9.17, 15) is 0 Å². The summed E-state index contributed by atoms with van der Waals surface area (Å²) in [5, 5.41) is 9.01. The molecule has 3 N–H and O–H groups in total. The van der Waals surface area contributed by atoms with Crippen molar-refractivity contribution in [1.29, 1.82) is 0 Å². The Morgan fingerprint density at radius 1 is 1.31 bits per heavy atom. The molecule has 1 heterocycles. The third kappa shape index (κ3) is 1.82. The van der Waals surface area contributed by atoms with E-state index in [-0.39, 0.29) is 6.61 Å². The van der Waals surface area contributed by atoms with Crippen molar-refractivity contribution in [3.8, 4) is 11.3 Å². The molecule has 0 saturated heterocycles. The molecule has 0 saturated carbocycles. The topological polar surface area (TPSA) is 59.4 Å². The van der Waals surface area contributed by atoms with Crippen LogP contribution in [0.4, 0.5) is 5.69 Å². The van der Waals surface area contributed by atoms with E-state index in [2.05, 4.69) is 0 Å². The maximum Gasteiger partial charge on any atom is 0.135 e. The second kappa shape index (κ2) is 4.41. The van der Waals surface area contributed by atoms with Crippen LogP contribution in [0.25, 0.3) is 11.3 Å². The molecule has 2 aromatic rings. The lowest BCUT2D eigenvalue weighted by atomic mass is 9.98. The zero-order valence-corrected chi connectivity index (χ0v) is 9.23. The fourth-order valence-electron chi connectivity index (χ4n) is 1.86. The lowest BCUT2D eigenvalue weighted by molar-refractivity contribution is 0.299. The van der Waals surface area contributed by atoms with Gasteiger partial charge in [0.1, 0.15) is 5.76 Å². The average Bonchev–Trinajstić information content (AvgIpc) is 2.77. The Hall–Kier alpha value is -1.74. The van der Waals surface area contributed by atoms with Crippen molar-refractivity contribution in [3.05, 3.63) is 41.7 Å². The standard InChI is InChI=1S/C13H15NO2/c1-9-4-5-11(12-3-2-8-16-12)13(14)10(9)6-7-15/h2-5,8,15H,6-7,14H2,1H3. The minimum Gasteiger partial charge on any atom is -0.464 e. The minimum atomic E-state index is 0.104. The van der Waals surface area contributed by atoms with Crippen molar-refractivity contribution < 1.29 is 9.52 Å². The van der Waals surface area contributed by atoms with Crippen LogP contribution in [0.15, 0.2) is 34.9 Å². The normalized spacial score (nSPS) is 10.6.